The zero-order valence-electron chi connectivity index (χ0n) is 10.7. The molecule has 0 saturated carbocycles. The second kappa shape index (κ2) is 6.15. The van der Waals surface area contributed by atoms with Crippen molar-refractivity contribution in [2.75, 3.05) is 17.6 Å². The van der Waals surface area contributed by atoms with E-state index in [9.17, 15) is 0 Å². The number of nitrogens with two attached hydrogens (primary N) is 1. The monoisotopic (exact) mass is 282 g/mol. The number of hydrogen-bond acceptors (Lipinski definition) is 6. The molecular weight excluding hydrogens is 264 g/mol. The van der Waals surface area contributed by atoms with Crippen molar-refractivity contribution in [3.05, 3.63) is 11.1 Å². The second-order valence-electron chi connectivity index (χ2n) is 4.20. The number of nitrogens with zero attached hydrogens (tertiary/aromatic N) is 2. The molecule has 0 aliphatic carbocycles. The third-order valence-corrected chi connectivity index (χ3v) is 4.41. The van der Waals surface area contributed by atoms with Crippen molar-refractivity contribution in [1.82, 2.24) is 9.36 Å². The van der Waals surface area contributed by atoms with Crippen LogP contribution in [0.25, 0.3) is 10.6 Å². The highest BCUT2D eigenvalue weighted by Gasteiger charge is 2.16. The molecule has 4 nitrogen and oxygen atoms in total. The molecule has 2 heterocycles. The zero-order chi connectivity index (χ0) is 13.0. The molecule has 0 amide bonds. The van der Waals surface area contributed by atoms with Crippen molar-refractivity contribution in [3.63, 3.8) is 0 Å². The normalized spacial score (nSPS) is 10.8. The molecule has 0 unspecified atom stereocenters. The molecule has 0 saturated heterocycles. The van der Waals surface area contributed by atoms with E-state index in [0.29, 0.717) is 5.82 Å². The van der Waals surface area contributed by atoms with Gasteiger partial charge in [-0.15, -0.1) is 11.3 Å². The SMILES string of the molecule is CCCCCNc1snc(N)c1-c1nc(C)cs1. The van der Waals surface area contributed by atoms with Gasteiger partial charge in [0.25, 0.3) is 0 Å². The summed E-state index contributed by atoms with van der Waals surface area (Å²) >= 11 is 3.03. The maximum Gasteiger partial charge on any atom is 0.149 e. The molecule has 0 spiro atoms. The summed E-state index contributed by atoms with van der Waals surface area (Å²) in [4.78, 5) is 4.48. The van der Waals surface area contributed by atoms with E-state index in [1.165, 1.54) is 30.8 Å². The Balaban J connectivity index is 2.12. The van der Waals surface area contributed by atoms with E-state index >= 15 is 0 Å². The number of rotatable bonds is 6. The number of aryl methyl sites for hydroxylation is 1. The molecule has 3 N–H and O–H groups in total. The molecule has 2 aromatic heterocycles. The van der Waals surface area contributed by atoms with Crippen LogP contribution in [0.15, 0.2) is 5.38 Å². The van der Waals surface area contributed by atoms with Crippen molar-refractivity contribution >= 4 is 33.7 Å². The summed E-state index contributed by atoms with van der Waals surface area (Å²) in [6.07, 6.45) is 3.64. The lowest BCUT2D eigenvalue weighted by atomic mass is 10.2. The smallest absolute Gasteiger partial charge is 0.149 e. The first-order valence-corrected chi connectivity index (χ1v) is 7.79. The fraction of sp³-hybridized carbons (Fsp3) is 0.500. The predicted molar refractivity (Wildman–Crippen MR) is 80.4 cm³/mol. The number of nitrogen functional groups attached to an aromatic ring is 1. The van der Waals surface area contributed by atoms with Crippen molar-refractivity contribution in [2.24, 2.45) is 0 Å². The molecule has 18 heavy (non-hydrogen) atoms. The summed E-state index contributed by atoms with van der Waals surface area (Å²) in [5.74, 6) is 0.576. The summed E-state index contributed by atoms with van der Waals surface area (Å²) < 4.78 is 4.22. The van der Waals surface area contributed by atoms with E-state index in [1.807, 2.05) is 12.3 Å². The van der Waals surface area contributed by atoms with E-state index in [2.05, 4.69) is 21.6 Å². The molecule has 0 bridgehead atoms. The van der Waals surface area contributed by atoms with Gasteiger partial charge in [-0.2, -0.15) is 4.37 Å². The third-order valence-electron chi connectivity index (χ3n) is 2.62. The van der Waals surface area contributed by atoms with Crippen LogP contribution in [0.4, 0.5) is 10.8 Å². The van der Waals surface area contributed by atoms with Crippen LogP contribution in [0.5, 0.6) is 0 Å². The summed E-state index contributed by atoms with van der Waals surface area (Å²) in [6, 6.07) is 0. The minimum Gasteiger partial charge on any atom is -0.382 e. The van der Waals surface area contributed by atoms with Crippen LogP contribution < -0.4 is 11.1 Å². The lowest BCUT2D eigenvalue weighted by Gasteiger charge is -2.04. The van der Waals surface area contributed by atoms with E-state index in [0.717, 1.165) is 27.8 Å². The Labute approximate surface area is 115 Å². The highest BCUT2D eigenvalue weighted by Crippen LogP contribution is 2.38. The zero-order valence-corrected chi connectivity index (χ0v) is 12.3. The fourth-order valence-corrected chi connectivity index (χ4v) is 3.34. The average Bonchev–Trinajstić information content (AvgIpc) is 2.91. The van der Waals surface area contributed by atoms with Gasteiger partial charge in [-0.1, -0.05) is 19.8 Å². The Morgan fingerprint density at radius 2 is 2.22 bits per heavy atom. The first kappa shape index (κ1) is 13.3. The Bertz CT molecular complexity index is 504. The topological polar surface area (TPSA) is 63.8 Å². The number of unbranched alkanes of at least 4 members (excludes halogenated alkanes) is 2. The second-order valence-corrected chi connectivity index (χ2v) is 5.83. The van der Waals surface area contributed by atoms with E-state index in [4.69, 9.17) is 5.73 Å². The third kappa shape index (κ3) is 3.00. The minimum absolute atomic E-state index is 0.576. The molecule has 2 rings (SSSR count). The van der Waals surface area contributed by atoms with Gasteiger partial charge < -0.3 is 11.1 Å². The molecule has 0 aliphatic heterocycles. The van der Waals surface area contributed by atoms with Crippen molar-refractivity contribution in [3.8, 4) is 10.6 Å². The van der Waals surface area contributed by atoms with Crippen LogP contribution in [0.2, 0.25) is 0 Å². The predicted octanol–water partition coefficient (Wildman–Crippen LogP) is 3.76. The van der Waals surface area contributed by atoms with Gasteiger partial charge in [0.05, 0.1) is 5.56 Å². The molecule has 0 fully saturated rings. The van der Waals surface area contributed by atoms with Crippen LogP contribution >= 0.6 is 22.9 Å². The molecular formula is C12H18N4S2. The lowest BCUT2D eigenvalue weighted by Crippen LogP contribution is -2.01. The average molecular weight is 282 g/mol. The maximum absolute atomic E-state index is 5.94. The van der Waals surface area contributed by atoms with Gasteiger partial charge in [0.2, 0.25) is 0 Å². The number of aromatic nitrogens is 2. The van der Waals surface area contributed by atoms with Gasteiger partial charge in [0.1, 0.15) is 15.8 Å². The Hall–Kier alpha value is -1.14. The van der Waals surface area contributed by atoms with E-state index in [-0.39, 0.29) is 0 Å². The van der Waals surface area contributed by atoms with Crippen LogP contribution in [0.1, 0.15) is 31.9 Å². The summed E-state index contributed by atoms with van der Waals surface area (Å²) in [6.45, 7) is 5.16. The molecule has 98 valence electrons. The van der Waals surface area contributed by atoms with Gasteiger partial charge in [-0.25, -0.2) is 4.98 Å². The van der Waals surface area contributed by atoms with Gasteiger partial charge in [0.15, 0.2) is 0 Å². The summed E-state index contributed by atoms with van der Waals surface area (Å²) in [7, 11) is 0. The van der Waals surface area contributed by atoms with Gasteiger partial charge in [0, 0.05) is 17.6 Å². The first-order chi connectivity index (χ1) is 8.72. The quantitative estimate of drug-likeness (QED) is 0.792. The van der Waals surface area contributed by atoms with Gasteiger partial charge in [-0.3, -0.25) is 0 Å². The summed E-state index contributed by atoms with van der Waals surface area (Å²) in [5.41, 5.74) is 7.93. The standard InChI is InChI=1S/C12H18N4S2/c1-3-4-5-6-14-11-9(10(13)16-18-11)12-15-8(2)7-17-12/h7,14H,3-6H2,1-2H3,(H2,13,16). The fourth-order valence-electron chi connectivity index (χ4n) is 1.68. The number of anilines is 2. The largest absolute Gasteiger partial charge is 0.382 e. The van der Waals surface area contributed by atoms with E-state index in [1.54, 1.807) is 11.3 Å². The number of thiazole rings is 1. The maximum atomic E-state index is 5.94. The van der Waals surface area contributed by atoms with Crippen LogP contribution in [0, 0.1) is 6.92 Å². The highest BCUT2D eigenvalue weighted by molar-refractivity contribution is 7.15. The molecule has 0 aromatic carbocycles. The van der Waals surface area contributed by atoms with E-state index < -0.39 is 0 Å². The highest BCUT2D eigenvalue weighted by atomic mass is 32.1. The molecule has 0 atom stereocenters. The van der Waals surface area contributed by atoms with Crippen LogP contribution in [0.3, 0.4) is 0 Å². The first-order valence-electron chi connectivity index (χ1n) is 6.14. The molecule has 2 aromatic rings. The van der Waals surface area contributed by atoms with Crippen LogP contribution in [-0.2, 0) is 0 Å². The number of nitrogens with one attached hydrogen (secondary N) is 1. The van der Waals surface area contributed by atoms with Crippen molar-refractivity contribution in [1.29, 1.82) is 0 Å². The lowest BCUT2D eigenvalue weighted by molar-refractivity contribution is 0.744. The van der Waals surface area contributed by atoms with Crippen molar-refractivity contribution in [2.45, 2.75) is 33.1 Å². The molecule has 6 heteroatoms. The Kier molecular flexibility index (Phi) is 4.54. The van der Waals surface area contributed by atoms with Gasteiger partial charge >= 0.3 is 0 Å². The Morgan fingerprint density at radius 3 is 2.89 bits per heavy atom. The molecule has 0 aliphatic rings. The Morgan fingerprint density at radius 1 is 1.39 bits per heavy atom. The van der Waals surface area contributed by atoms with Gasteiger partial charge in [-0.05, 0) is 24.9 Å². The summed E-state index contributed by atoms with van der Waals surface area (Å²) in [5, 5.41) is 7.45. The van der Waals surface area contributed by atoms with Crippen LogP contribution in [-0.4, -0.2) is 15.9 Å². The molecule has 0 radical (unpaired) electrons. The number of hydrogen-bond donors (Lipinski definition) is 2. The minimum atomic E-state index is 0.576. The van der Waals surface area contributed by atoms with Crippen molar-refractivity contribution < 1.29 is 0 Å².